The molecule has 0 spiro atoms. The van der Waals surface area contributed by atoms with Crippen LogP contribution in [0.4, 0.5) is 0 Å². The number of hydrogen-bond donors (Lipinski definition) is 1. The second kappa shape index (κ2) is 5.61. The van der Waals surface area contributed by atoms with Gasteiger partial charge in [0.2, 0.25) is 0 Å². The van der Waals surface area contributed by atoms with Crippen LogP contribution in [-0.2, 0) is 4.74 Å². The Bertz CT molecular complexity index is 132. The highest BCUT2D eigenvalue weighted by molar-refractivity contribution is 4.84. The van der Waals surface area contributed by atoms with Crippen molar-refractivity contribution in [2.45, 2.75) is 52.2 Å². The zero-order valence-electron chi connectivity index (χ0n) is 9.98. The standard InChI is InChI=1S/C11H25NO/c1-9(2)7-8-10(12-5)11(3,4)13-6/h9-10,12H,7-8H2,1-6H3. The maximum atomic E-state index is 5.46. The van der Waals surface area contributed by atoms with Gasteiger partial charge in [-0.1, -0.05) is 13.8 Å². The lowest BCUT2D eigenvalue weighted by Crippen LogP contribution is -2.46. The molecule has 13 heavy (non-hydrogen) atoms. The van der Waals surface area contributed by atoms with Crippen molar-refractivity contribution in [2.24, 2.45) is 5.92 Å². The van der Waals surface area contributed by atoms with Crippen molar-refractivity contribution in [1.82, 2.24) is 5.32 Å². The van der Waals surface area contributed by atoms with E-state index in [1.165, 1.54) is 12.8 Å². The molecule has 0 aliphatic heterocycles. The van der Waals surface area contributed by atoms with Gasteiger partial charge in [-0.2, -0.15) is 0 Å². The molecule has 0 amide bonds. The van der Waals surface area contributed by atoms with Crippen molar-refractivity contribution in [3.63, 3.8) is 0 Å². The fourth-order valence-electron chi connectivity index (χ4n) is 1.48. The Kier molecular flexibility index (Phi) is 5.57. The fraction of sp³-hybridized carbons (Fsp3) is 1.00. The molecule has 1 atom stereocenters. The van der Waals surface area contributed by atoms with Gasteiger partial charge in [0.05, 0.1) is 5.60 Å². The highest BCUT2D eigenvalue weighted by atomic mass is 16.5. The van der Waals surface area contributed by atoms with Crippen LogP contribution in [-0.4, -0.2) is 25.8 Å². The highest BCUT2D eigenvalue weighted by Gasteiger charge is 2.27. The number of hydrogen-bond acceptors (Lipinski definition) is 2. The van der Waals surface area contributed by atoms with E-state index in [0.29, 0.717) is 6.04 Å². The molecule has 0 aliphatic rings. The van der Waals surface area contributed by atoms with E-state index in [9.17, 15) is 0 Å². The zero-order valence-corrected chi connectivity index (χ0v) is 9.98. The van der Waals surface area contributed by atoms with Crippen LogP contribution >= 0.6 is 0 Å². The molecule has 0 aromatic rings. The smallest absolute Gasteiger partial charge is 0.0774 e. The molecular weight excluding hydrogens is 162 g/mol. The van der Waals surface area contributed by atoms with E-state index in [4.69, 9.17) is 4.74 Å². The zero-order chi connectivity index (χ0) is 10.5. The molecule has 80 valence electrons. The first-order valence-corrected chi connectivity index (χ1v) is 5.16. The Morgan fingerprint density at radius 1 is 1.23 bits per heavy atom. The topological polar surface area (TPSA) is 21.3 Å². The molecule has 1 unspecified atom stereocenters. The third kappa shape index (κ3) is 4.63. The largest absolute Gasteiger partial charge is 0.377 e. The Labute approximate surface area is 83.1 Å². The quantitative estimate of drug-likeness (QED) is 0.689. The van der Waals surface area contributed by atoms with Gasteiger partial charge in [-0.3, -0.25) is 0 Å². The SMILES string of the molecule is CNC(CCC(C)C)C(C)(C)OC. The first-order chi connectivity index (χ1) is 5.94. The minimum Gasteiger partial charge on any atom is -0.377 e. The summed E-state index contributed by atoms with van der Waals surface area (Å²) >= 11 is 0. The van der Waals surface area contributed by atoms with Gasteiger partial charge in [0.25, 0.3) is 0 Å². The third-order valence-corrected chi connectivity index (χ3v) is 2.75. The van der Waals surface area contributed by atoms with Crippen molar-refractivity contribution >= 4 is 0 Å². The van der Waals surface area contributed by atoms with Crippen LogP contribution in [0.2, 0.25) is 0 Å². The third-order valence-electron chi connectivity index (χ3n) is 2.75. The summed E-state index contributed by atoms with van der Waals surface area (Å²) in [5.41, 5.74) is -0.0658. The molecule has 2 heteroatoms. The maximum absolute atomic E-state index is 5.46. The molecule has 0 radical (unpaired) electrons. The van der Waals surface area contributed by atoms with Gasteiger partial charge in [-0.05, 0) is 39.7 Å². The van der Waals surface area contributed by atoms with Gasteiger partial charge in [-0.25, -0.2) is 0 Å². The molecule has 0 aromatic carbocycles. The molecule has 0 heterocycles. The molecule has 0 rings (SSSR count). The summed E-state index contributed by atoms with van der Waals surface area (Å²) < 4.78 is 5.46. The molecule has 2 nitrogen and oxygen atoms in total. The Balaban J connectivity index is 4.02. The normalized spacial score (nSPS) is 15.0. The summed E-state index contributed by atoms with van der Waals surface area (Å²) in [4.78, 5) is 0. The van der Waals surface area contributed by atoms with E-state index >= 15 is 0 Å². The van der Waals surface area contributed by atoms with Gasteiger partial charge >= 0.3 is 0 Å². The van der Waals surface area contributed by atoms with Crippen LogP contribution in [0, 0.1) is 5.92 Å². The minimum atomic E-state index is -0.0658. The van der Waals surface area contributed by atoms with Gasteiger partial charge in [0.15, 0.2) is 0 Å². The van der Waals surface area contributed by atoms with E-state index in [0.717, 1.165) is 5.92 Å². The summed E-state index contributed by atoms with van der Waals surface area (Å²) in [6, 6.07) is 0.444. The monoisotopic (exact) mass is 187 g/mol. The van der Waals surface area contributed by atoms with E-state index in [2.05, 4.69) is 33.0 Å². The average Bonchev–Trinajstić information content (AvgIpc) is 2.04. The van der Waals surface area contributed by atoms with E-state index in [-0.39, 0.29) is 5.60 Å². The molecule has 0 fully saturated rings. The molecule has 1 N–H and O–H groups in total. The van der Waals surface area contributed by atoms with Crippen LogP contribution in [0.1, 0.15) is 40.5 Å². The number of rotatable bonds is 6. The van der Waals surface area contributed by atoms with Crippen molar-refractivity contribution in [1.29, 1.82) is 0 Å². The number of methoxy groups -OCH3 is 1. The predicted molar refractivity (Wildman–Crippen MR) is 58.0 cm³/mol. The van der Waals surface area contributed by atoms with Crippen molar-refractivity contribution < 1.29 is 4.74 Å². The fourth-order valence-corrected chi connectivity index (χ4v) is 1.48. The summed E-state index contributed by atoms with van der Waals surface area (Å²) in [5.74, 6) is 0.767. The van der Waals surface area contributed by atoms with Crippen LogP contribution in [0.15, 0.2) is 0 Å². The molecule has 0 aliphatic carbocycles. The van der Waals surface area contributed by atoms with Gasteiger partial charge in [0.1, 0.15) is 0 Å². The summed E-state index contributed by atoms with van der Waals surface area (Å²) in [7, 11) is 3.78. The van der Waals surface area contributed by atoms with Crippen LogP contribution < -0.4 is 5.32 Å². The summed E-state index contributed by atoms with van der Waals surface area (Å²) in [5, 5.41) is 3.32. The van der Waals surface area contributed by atoms with Crippen molar-refractivity contribution in [3.8, 4) is 0 Å². The lowest BCUT2D eigenvalue weighted by Gasteiger charge is -2.33. The summed E-state index contributed by atoms with van der Waals surface area (Å²) in [6.07, 6.45) is 2.42. The number of nitrogens with one attached hydrogen (secondary N) is 1. The van der Waals surface area contributed by atoms with Crippen LogP contribution in [0.3, 0.4) is 0 Å². The number of ether oxygens (including phenoxy) is 1. The van der Waals surface area contributed by atoms with Crippen molar-refractivity contribution in [3.05, 3.63) is 0 Å². The van der Waals surface area contributed by atoms with E-state index in [1.807, 2.05) is 7.05 Å². The molecular formula is C11H25NO. The lowest BCUT2D eigenvalue weighted by atomic mass is 9.92. The van der Waals surface area contributed by atoms with Gasteiger partial charge in [0, 0.05) is 13.2 Å². The predicted octanol–water partition coefficient (Wildman–Crippen LogP) is 2.44. The second-order valence-electron chi connectivity index (χ2n) is 4.62. The Morgan fingerprint density at radius 3 is 2.08 bits per heavy atom. The first-order valence-electron chi connectivity index (χ1n) is 5.16. The van der Waals surface area contributed by atoms with Gasteiger partial charge < -0.3 is 10.1 Å². The minimum absolute atomic E-state index is 0.0658. The molecule has 0 saturated carbocycles. The summed E-state index contributed by atoms with van der Waals surface area (Å²) in [6.45, 7) is 8.78. The maximum Gasteiger partial charge on any atom is 0.0774 e. The Morgan fingerprint density at radius 2 is 1.77 bits per heavy atom. The van der Waals surface area contributed by atoms with Crippen molar-refractivity contribution in [2.75, 3.05) is 14.2 Å². The number of likely N-dealkylation sites (N-methyl/N-ethyl adjacent to an activating group) is 1. The van der Waals surface area contributed by atoms with E-state index in [1.54, 1.807) is 7.11 Å². The van der Waals surface area contributed by atoms with Gasteiger partial charge in [-0.15, -0.1) is 0 Å². The van der Waals surface area contributed by atoms with Crippen LogP contribution in [0.25, 0.3) is 0 Å². The lowest BCUT2D eigenvalue weighted by molar-refractivity contribution is -0.0116. The average molecular weight is 187 g/mol. The molecule has 0 aromatic heterocycles. The second-order valence-corrected chi connectivity index (χ2v) is 4.62. The Hall–Kier alpha value is -0.0800. The van der Waals surface area contributed by atoms with Crippen LogP contribution in [0.5, 0.6) is 0 Å². The van der Waals surface area contributed by atoms with E-state index < -0.39 is 0 Å². The first kappa shape index (κ1) is 12.9. The highest BCUT2D eigenvalue weighted by Crippen LogP contribution is 2.19. The molecule has 0 saturated heterocycles. The molecule has 0 bridgehead atoms.